The van der Waals surface area contributed by atoms with Crippen molar-refractivity contribution in [3.05, 3.63) is 29.8 Å². The maximum Gasteiger partial charge on any atom is 0.326 e. The van der Waals surface area contributed by atoms with Crippen LogP contribution in [-0.2, 0) is 35.6 Å². The Labute approximate surface area is 240 Å². The lowest BCUT2D eigenvalue weighted by Crippen LogP contribution is -2.51. The van der Waals surface area contributed by atoms with E-state index >= 15 is 0 Å². The first kappa shape index (κ1) is 34.0. The number of benzene rings is 1. The molecule has 230 valence electrons. The number of nitrogens with zero attached hydrogens (tertiary/aromatic N) is 1. The van der Waals surface area contributed by atoms with Crippen molar-refractivity contribution in [2.24, 2.45) is 17.1 Å². The molecular weight excluding hydrogens is 556 g/mol. The number of hydrogen-bond donors (Lipinski definition) is 6. The van der Waals surface area contributed by atoms with E-state index in [1.165, 1.54) is 19.2 Å². The predicted molar refractivity (Wildman–Crippen MR) is 150 cm³/mol. The maximum absolute atomic E-state index is 13.5. The van der Waals surface area contributed by atoms with Crippen molar-refractivity contribution in [3.63, 3.8) is 0 Å². The monoisotopic (exact) mass is 598 g/mol. The van der Waals surface area contributed by atoms with Gasteiger partial charge in [-0.2, -0.15) is 4.31 Å². The zero-order valence-corrected chi connectivity index (χ0v) is 24.4. The number of aliphatic carboxylic acids is 2. The highest BCUT2D eigenvalue weighted by Gasteiger charge is 2.45. The van der Waals surface area contributed by atoms with Gasteiger partial charge >= 0.3 is 11.9 Å². The summed E-state index contributed by atoms with van der Waals surface area (Å²) in [4.78, 5) is 50.7. The summed E-state index contributed by atoms with van der Waals surface area (Å²) >= 11 is 0. The van der Waals surface area contributed by atoms with Gasteiger partial charge in [-0.05, 0) is 56.3 Å². The molecule has 7 N–H and O–H groups in total. The Morgan fingerprint density at radius 3 is 2.17 bits per heavy atom. The van der Waals surface area contributed by atoms with Gasteiger partial charge in [-0.15, -0.1) is 0 Å². The number of aromatic hydroxyl groups is 1. The first-order valence-electron chi connectivity index (χ1n) is 13.7. The van der Waals surface area contributed by atoms with Crippen LogP contribution >= 0.6 is 0 Å². The Balaban J connectivity index is 2.16. The summed E-state index contributed by atoms with van der Waals surface area (Å²) in [6, 6.07) is 3.61. The second kappa shape index (κ2) is 15.1. The second-order valence-electron chi connectivity index (χ2n) is 10.8. The highest BCUT2D eigenvalue weighted by Crippen LogP contribution is 2.43. The topological polar surface area (TPSA) is 216 Å². The van der Waals surface area contributed by atoms with Crippen molar-refractivity contribution in [1.82, 2.24) is 14.9 Å². The molecule has 0 spiro atoms. The van der Waals surface area contributed by atoms with Gasteiger partial charge in [0.05, 0.1) is 17.6 Å². The Kier molecular flexibility index (Phi) is 12.5. The number of carbonyl (C=O) groups excluding carboxylic acids is 2. The fraction of sp³-hybridized carbons (Fsp3) is 0.630. The number of phenolic OH excluding ortho intramolecular Hbond substituents is 1. The summed E-state index contributed by atoms with van der Waals surface area (Å²) in [5, 5.41) is 34.3. The van der Waals surface area contributed by atoms with E-state index in [0.29, 0.717) is 50.6 Å². The summed E-state index contributed by atoms with van der Waals surface area (Å²) in [5.74, 6) is -4.85. The molecule has 2 rings (SSSR count). The number of phenols is 1. The quantitative estimate of drug-likeness (QED) is 0.138. The fourth-order valence-corrected chi connectivity index (χ4v) is 5.87. The van der Waals surface area contributed by atoms with E-state index in [1.54, 1.807) is 12.1 Å². The first-order chi connectivity index (χ1) is 19.2. The molecule has 1 aromatic rings. The molecule has 0 heterocycles. The standard InChI is InChI=1S/C27H42N4O9S/c1-31(41(2,39)40)22(7-3-6-14-28)23(33)29-17-19(24(34)35)16-27(12-4-5-13-27)26(38)30-21(25(36)37)15-18-8-10-20(32)11-9-18/h8-11,19,21-22,32H,3-7,12-17,28H2,1-2H3,(H,29,33)(H,30,38)(H,34,35)(H,36,37)/t19?,21-,22-/m0/s1. The molecule has 1 saturated carbocycles. The van der Waals surface area contributed by atoms with E-state index < -0.39 is 57.2 Å². The minimum absolute atomic E-state index is 0.0196. The molecule has 0 aliphatic heterocycles. The number of carboxylic acids is 2. The van der Waals surface area contributed by atoms with Crippen LogP contribution in [0.1, 0.15) is 56.9 Å². The molecule has 1 fully saturated rings. The normalized spacial score (nSPS) is 17.0. The molecular formula is C27H42N4O9S. The maximum atomic E-state index is 13.5. The van der Waals surface area contributed by atoms with E-state index in [1.807, 2.05) is 0 Å². The molecule has 0 saturated heterocycles. The van der Waals surface area contributed by atoms with Crippen LogP contribution in [0.5, 0.6) is 5.75 Å². The largest absolute Gasteiger partial charge is 0.508 e. The van der Waals surface area contributed by atoms with Crippen molar-refractivity contribution in [2.45, 2.75) is 69.9 Å². The highest BCUT2D eigenvalue weighted by molar-refractivity contribution is 7.88. The number of sulfonamides is 1. The van der Waals surface area contributed by atoms with E-state index in [-0.39, 0.29) is 31.6 Å². The lowest BCUT2D eigenvalue weighted by molar-refractivity contribution is -0.147. The van der Waals surface area contributed by atoms with E-state index in [4.69, 9.17) is 5.73 Å². The Morgan fingerprint density at radius 2 is 1.66 bits per heavy atom. The molecule has 13 nitrogen and oxygen atoms in total. The average molecular weight is 599 g/mol. The molecule has 1 aliphatic rings. The van der Waals surface area contributed by atoms with Crippen LogP contribution < -0.4 is 16.4 Å². The third kappa shape index (κ3) is 9.97. The summed E-state index contributed by atoms with van der Waals surface area (Å²) < 4.78 is 25.1. The molecule has 1 aromatic carbocycles. The number of carboxylic acid groups (broad SMARTS) is 2. The molecule has 0 radical (unpaired) electrons. The van der Waals surface area contributed by atoms with E-state index in [0.717, 1.165) is 10.6 Å². The van der Waals surface area contributed by atoms with E-state index in [2.05, 4.69) is 10.6 Å². The molecule has 1 unspecified atom stereocenters. The predicted octanol–water partition coefficient (Wildman–Crippen LogP) is 0.661. The number of nitrogens with two attached hydrogens (primary N) is 1. The smallest absolute Gasteiger partial charge is 0.326 e. The second-order valence-corrected chi connectivity index (χ2v) is 12.8. The molecule has 0 aromatic heterocycles. The summed E-state index contributed by atoms with van der Waals surface area (Å²) in [6.45, 7) is 0.0455. The van der Waals surface area contributed by atoms with Crippen molar-refractivity contribution >= 4 is 33.8 Å². The number of hydrogen-bond acceptors (Lipinski definition) is 8. The van der Waals surface area contributed by atoms with E-state index in [9.17, 15) is 42.9 Å². The van der Waals surface area contributed by atoms with Crippen LogP contribution in [0.25, 0.3) is 0 Å². The number of likely N-dealkylation sites (N-methyl/N-ethyl adjacent to an activating group) is 1. The summed E-state index contributed by atoms with van der Waals surface area (Å²) in [5.41, 5.74) is 4.96. The van der Waals surface area contributed by atoms with Crippen LogP contribution in [0.2, 0.25) is 0 Å². The van der Waals surface area contributed by atoms with Gasteiger partial charge in [0.1, 0.15) is 17.8 Å². The Hall–Kier alpha value is -3.23. The minimum atomic E-state index is -3.71. The van der Waals surface area contributed by atoms with Crippen LogP contribution in [0, 0.1) is 11.3 Å². The molecule has 41 heavy (non-hydrogen) atoms. The van der Waals surface area contributed by atoms with Crippen molar-refractivity contribution < 1.29 is 42.9 Å². The van der Waals surface area contributed by atoms with Crippen molar-refractivity contribution in [2.75, 3.05) is 26.4 Å². The van der Waals surface area contributed by atoms with Gasteiger partial charge in [-0.1, -0.05) is 31.4 Å². The highest BCUT2D eigenvalue weighted by atomic mass is 32.2. The molecule has 3 atom stereocenters. The Bertz CT molecular complexity index is 1170. The van der Waals surface area contributed by atoms with Crippen molar-refractivity contribution in [3.8, 4) is 5.75 Å². The minimum Gasteiger partial charge on any atom is -0.508 e. The summed E-state index contributed by atoms with van der Waals surface area (Å²) in [6.07, 6.45) is 4.14. The zero-order valence-electron chi connectivity index (χ0n) is 23.5. The van der Waals surface area contributed by atoms with Gasteiger partial charge in [0.2, 0.25) is 21.8 Å². The third-order valence-corrected chi connectivity index (χ3v) is 9.03. The number of unbranched alkanes of at least 4 members (excludes halogenated alkanes) is 1. The average Bonchev–Trinajstić information content (AvgIpc) is 3.38. The zero-order chi connectivity index (χ0) is 30.8. The van der Waals surface area contributed by atoms with Gasteiger partial charge in [-0.3, -0.25) is 14.4 Å². The molecule has 2 amide bonds. The summed E-state index contributed by atoms with van der Waals surface area (Å²) in [7, 11) is -2.43. The third-order valence-electron chi connectivity index (χ3n) is 7.73. The molecule has 0 bridgehead atoms. The lowest BCUT2D eigenvalue weighted by atomic mass is 9.76. The van der Waals surface area contributed by atoms with Crippen molar-refractivity contribution in [1.29, 1.82) is 0 Å². The Morgan fingerprint density at radius 1 is 1.05 bits per heavy atom. The van der Waals surface area contributed by atoms with Crippen LogP contribution in [-0.4, -0.2) is 90.3 Å². The molecule has 1 aliphatic carbocycles. The van der Waals surface area contributed by atoms with Gasteiger partial charge in [0.25, 0.3) is 0 Å². The van der Waals surface area contributed by atoms with Gasteiger partial charge in [-0.25, -0.2) is 13.2 Å². The van der Waals surface area contributed by atoms with Crippen LogP contribution in [0.4, 0.5) is 0 Å². The number of amides is 2. The van der Waals surface area contributed by atoms with Gasteiger partial charge in [0.15, 0.2) is 0 Å². The number of rotatable bonds is 17. The van der Waals surface area contributed by atoms with Gasteiger partial charge < -0.3 is 31.7 Å². The lowest BCUT2D eigenvalue weighted by Gasteiger charge is -2.32. The first-order valence-corrected chi connectivity index (χ1v) is 15.5. The SMILES string of the molecule is CN([C@@H](CCCCN)C(=O)NCC(CC1(C(=O)N[C@@H](Cc2ccc(O)cc2)C(=O)O)CCCC1)C(=O)O)S(C)(=O)=O. The number of carbonyl (C=O) groups is 4. The number of nitrogens with one attached hydrogen (secondary N) is 2. The molecule has 14 heteroatoms. The fourth-order valence-electron chi connectivity index (χ4n) is 5.21. The van der Waals surface area contributed by atoms with Gasteiger partial charge in [0, 0.05) is 20.0 Å². The van der Waals surface area contributed by atoms with Crippen LogP contribution in [0.15, 0.2) is 24.3 Å². The van der Waals surface area contributed by atoms with Crippen LogP contribution in [0.3, 0.4) is 0 Å².